The molecule has 2 nitrogen and oxygen atoms in total. The second kappa shape index (κ2) is 5.92. The molecule has 0 spiro atoms. The van der Waals surface area contributed by atoms with E-state index in [1.165, 1.54) is 5.69 Å². The van der Waals surface area contributed by atoms with Crippen molar-refractivity contribution < 1.29 is 9.36 Å². The highest BCUT2D eigenvalue weighted by atomic mass is 16.1. The van der Waals surface area contributed by atoms with E-state index >= 15 is 0 Å². The van der Waals surface area contributed by atoms with E-state index in [2.05, 4.69) is 35.9 Å². The van der Waals surface area contributed by atoms with Gasteiger partial charge in [0.25, 0.3) is 0 Å². The highest BCUT2D eigenvalue weighted by molar-refractivity contribution is 5.76. The molecule has 0 radical (unpaired) electrons. The Balaban J connectivity index is 2.21. The lowest BCUT2D eigenvalue weighted by Gasteiger charge is -1.97. The molecule has 0 fully saturated rings. The van der Waals surface area contributed by atoms with Crippen molar-refractivity contribution in [2.24, 2.45) is 0 Å². The maximum atomic E-state index is 10.6. The molecule has 2 heteroatoms. The maximum Gasteiger partial charge on any atom is 0.205 e. The van der Waals surface area contributed by atoms with E-state index in [4.69, 9.17) is 0 Å². The third-order valence-electron chi connectivity index (χ3n) is 2.84. The Morgan fingerprint density at radius 3 is 2.39 bits per heavy atom. The van der Waals surface area contributed by atoms with E-state index in [0.29, 0.717) is 5.56 Å². The fourth-order valence-electron chi connectivity index (χ4n) is 1.80. The number of rotatable bonds is 4. The van der Waals surface area contributed by atoms with Crippen molar-refractivity contribution in [2.75, 3.05) is 0 Å². The average molecular weight is 238 g/mol. The monoisotopic (exact) mass is 238 g/mol. The molecular weight excluding hydrogens is 222 g/mol. The van der Waals surface area contributed by atoms with Gasteiger partial charge in [0.1, 0.15) is 12.8 Å². The number of aryl methyl sites for hydroxylation is 1. The molecule has 0 aliphatic heterocycles. The Bertz CT molecular complexity index is 556. The third-order valence-corrected chi connectivity index (χ3v) is 2.84. The van der Waals surface area contributed by atoms with Crippen molar-refractivity contribution in [1.29, 1.82) is 0 Å². The number of carbonyl (C=O) groups is 1. The van der Waals surface area contributed by atoms with Gasteiger partial charge in [-0.05, 0) is 24.6 Å². The lowest BCUT2D eigenvalue weighted by molar-refractivity contribution is -0.695. The largest absolute Gasteiger partial charge is 0.298 e. The summed E-state index contributed by atoms with van der Waals surface area (Å²) < 4.78 is 2.18. The van der Waals surface area contributed by atoms with Crippen molar-refractivity contribution in [2.45, 2.75) is 13.5 Å². The van der Waals surface area contributed by atoms with Crippen molar-refractivity contribution in [3.05, 3.63) is 65.5 Å². The lowest BCUT2D eigenvalue weighted by atomic mass is 10.1. The number of nitrogens with zero attached hydrogens (tertiary/aromatic N) is 1. The van der Waals surface area contributed by atoms with Gasteiger partial charge in [-0.1, -0.05) is 24.3 Å². The summed E-state index contributed by atoms with van der Waals surface area (Å²) >= 11 is 0. The van der Waals surface area contributed by atoms with Gasteiger partial charge in [0.15, 0.2) is 6.20 Å². The second-order valence-electron chi connectivity index (χ2n) is 4.03. The summed E-state index contributed by atoms with van der Waals surface area (Å²) in [4.78, 5) is 10.6. The van der Waals surface area contributed by atoms with Crippen LogP contribution >= 0.6 is 0 Å². The zero-order chi connectivity index (χ0) is 12.8. The molecule has 0 saturated carbocycles. The molecular formula is C16H16NO+. The van der Waals surface area contributed by atoms with Gasteiger partial charge < -0.3 is 0 Å². The van der Waals surface area contributed by atoms with E-state index < -0.39 is 0 Å². The molecule has 1 heterocycles. The summed E-state index contributed by atoms with van der Waals surface area (Å²) in [5.74, 6) is 0. The van der Waals surface area contributed by atoms with Crippen LogP contribution in [0.25, 0.3) is 12.2 Å². The first-order valence-corrected chi connectivity index (χ1v) is 6.05. The molecule has 0 unspecified atom stereocenters. The summed E-state index contributed by atoms with van der Waals surface area (Å²) in [6.07, 6.45) is 7.06. The topological polar surface area (TPSA) is 20.9 Å². The molecule has 0 aliphatic rings. The summed E-state index contributed by atoms with van der Waals surface area (Å²) in [6, 6.07) is 13.7. The first-order chi connectivity index (χ1) is 8.83. The Labute approximate surface area is 107 Å². The van der Waals surface area contributed by atoms with Gasteiger partial charge in [0, 0.05) is 23.8 Å². The summed E-state index contributed by atoms with van der Waals surface area (Å²) in [5.41, 5.74) is 2.96. The van der Waals surface area contributed by atoms with Crippen LogP contribution in [-0.2, 0) is 6.54 Å². The number of benzene rings is 1. The molecule has 0 amide bonds. The number of pyridine rings is 1. The summed E-state index contributed by atoms with van der Waals surface area (Å²) in [7, 11) is 0. The van der Waals surface area contributed by atoms with Crippen LogP contribution in [0.1, 0.15) is 28.5 Å². The Morgan fingerprint density at radius 2 is 1.72 bits per heavy atom. The van der Waals surface area contributed by atoms with E-state index in [0.717, 1.165) is 18.4 Å². The van der Waals surface area contributed by atoms with E-state index in [1.54, 1.807) is 0 Å². The minimum absolute atomic E-state index is 0.704. The van der Waals surface area contributed by atoms with E-state index in [1.807, 2.05) is 36.4 Å². The van der Waals surface area contributed by atoms with Crippen LogP contribution in [0.5, 0.6) is 0 Å². The van der Waals surface area contributed by atoms with Crippen LogP contribution in [0.15, 0.2) is 48.7 Å². The van der Waals surface area contributed by atoms with Gasteiger partial charge >= 0.3 is 0 Å². The number of hydrogen-bond acceptors (Lipinski definition) is 1. The van der Waals surface area contributed by atoms with Crippen LogP contribution in [0, 0.1) is 0 Å². The highest BCUT2D eigenvalue weighted by Crippen LogP contribution is 2.07. The Kier molecular flexibility index (Phi) is 4.02. The Morgan fingerprint density at radius 1 is 1.00 bits per heavy atom. The molecule has 0 bridgehead atoms. The van der Waals surface area contributed by atoms with Crippen LogP contribution in [0.2, 0.25) is 0 Å². The normalized spacial score (nSPS) is 10.7. The van der Waals surface area contributed by atoms with Crippen LogP contribution in [-0.4, -0.2) is 6.29 Å². The van der Waals surface area contributed by atoms with Crippen LogP contribution in [0.3, 0.4) is 0 Å². The van der Waals surface area contributed by atoms with Gasteiger partial charge in [-0.25, -0.2) is 0 Å². The van der Waals surface area contributed by atoms with Gasteiger partial charge in [-0.15, -0.1) is 0 Å². The smallest absolute Gasteiger partial charge is 0.205 e. The molecule has 18 heavy (non-hydrogen) atoms. The maximum absolute atomic E-state index is 10.6. The van der Waals surface area contributed by atoms with Crippen molar-refractivity contribution >= 4 is 18.4 Å². The third kappa shape index (κ3) is 2.92. The number of carbonyl (C=O) groups excluding carboxylic acids is 1. The van der Waals surface area contributed by atoms with Crippen molar-refractivity contribution in [1.82, 2.24) is 0 Å². The predicted octanol–water partition coefficient (Wildman–Crippen LogP) is 2.98. The van der Waals surface area contributed by atoms with E-state index in [-0.39, 0.29) is 0 Å². The fraction of sp³-hybridized carbons (Fsp3) is 0.125. The van der Waals surface area contributed by atoms with Gasteiger partial charge in [-0.2, -0.15) is 4.57 Å². The first-order valence-electron chi connectivity index (χ1n) is 6.05. The quantitative estimate of drug-likeness (QED) is 0.592. The first kappa shape index (κ1) is 12.2. The van der Waals surface area contributed by atoms with Gasteiger partial charge in [-0.3, -0.25) is 4.79 Å². The number of aromatic nitrogens is 1. The summed E-state index contributed by atoms with van der Waals surface area (Å²) in [6.45, 7) is 3.07. The molecule has 2 rings (SSSR count). The molecule has 0 atom stereocenters. The fourth-order valence-corrected chi connectivity index (χ4v) is 1.80. The molecule has 90 valence electrons. The molecule has 0 saturated heterocycles. The standard InChI is InChI=1S/C16H16NO/c1-2-17-12-4-3-5-16(17)11-10-14-6-8-15(13-18)9-7-14/h3-13H,2H2,1H3/q+1/b11-10+. The van der Waals surface area contributed by atoms with Crippen molar-refractivity contribution in [3.8, 4) is 0 Å². The average Bonchev–Trinajstić information content (AvgIpc) is 2.46. The van der Waals surface area contributed by atoms with Crippen LogP contribution in [0.4, 0.5) is 0 Å². The number of aldehydes is 1. The summed E-state index contributed by atoms with van der Waals surface area (Å²) in [5, 5.41) is 0. The predicted molar refractivity (Wildman–Crippen MR) is 73.1 cm³/mol. The Hall–Kier alpha value is -2.22. The van der Waals surface area contributed by atoms with Crippen molar-refractivity contribution in [3.63, 3.8) is 0 Å². The molecule has 0 N–H and O–H groups in total. The molecule has 1 aromatic heterocycles. The molecule has 1 aromatic carbocycles. The lowest BCUT2D eigenvalue weighted by Crippen LogP contribution is -2.34. The highest BCUT2D eigenvalue weighted by Gasteiger charge is 2.02. The van der Waals surface area contributed by atoms with Crippen LogP contribution < -0.4 is 4.57 Å². The zero-order valence-corrected chi connectivity index (χ0v) is 10.4. The SMILES string of the molecule is CC[n+]1ccccc1/C=C/c1ccc(C=O)cc1. The molecule has 0 aliphatic carbocycles. The van der Waals surface area contributed by atoms with E-state index in [9.17, 15) is 4.79 Å². The minimum atomic E-state index is 0.704. The molecule has 2 aromatic rings. The zero-order valence-electron chi connectivity index (χ0n) is 10.4. The second-order valence-corrected chi connectivity index (χ2v) is 4.03. The number of hydrogen-bond donors (Lipinski definition) is 0. The minimum Gasteiger partial charge on any atom is -0.298 e. The van der Waals surface area contributed by atoms with Gasteiger partial charge in [0.05, 0.1) is 0 Å². The van der Waals surface area contributed by atoms with Gasteiger partial charge in [0.2, 0.25) is 5.69 Å².